The maximum Gasteiger partial charge on any atom is 0.194 e. The summed E-state index contributed by atoms with van der Waals surface area (Å²) in [4.78, 5) is 12.6. The predicted octanol–water partition coefficient (Wildman–Crippen LogP) is 3.76. The van der Waals surface area contributed by atoms with Crippen molar-refractivity contribution >= 4 is 21.7 Å². The molecule has 1 heterocycles. The average Bonchev–Trinajstić information content (AvgIpc) is 2.49. The van der Waals surface area contributed by atoms with Crippen molar-refractivity contribution in [3.63, 3.8) is 0 Å². The van der Waals surface area contributed by atoms with Crippen LogP contribution in [0.15, 0.2) is 40.9 Å². The molecule has 1 aliphatic heterocycles. The number of hydrogen-bond donors (Lipinski definition) is 0. The van der Waals surface area contributed by atoms with E-state index in [4.69, 9.17) is 9.47 Å². The van der Waals surface area contributed by atoms with Crippen molar-refractivity contribution in [2.45, 2.75) is 6.92 Å². The maximum atomic E-state index is 12.6. The Balaban J connectivity index is 2.00. The molecule has 3 nitrogen and oxygen atoms in total. The van der Waals surface area contributed by atoms with Crippen molar-refractivity contribution in [1.82, 2.24) is 0 Å². The minimum Gasteiger partial charge on any atom is -0.486 e. The largest absolute Gasteiger partial charge is 0.486 e. The number of hydrogen-bond acceptors (Lipinski definition) is 3. The van der Waals surface area contributed by atoms with Gasteiger partial charge in [-0.05, 0) is 52.7 Å². The lowest BCUT2D eigenvalue weighted by Crippen LogP contribution is -2.16. The van der Waals surface area contributed by atoms with Crippen LogP contribution in [0.4, 0.5) is 0 Å². The van der Waals surface area contributed by atoms with Crippen molar-refractivity contribution in [2.75, 3.05) is 13.2 Å². The Bertz CT molecular complexity index is 679. The SMILES string of the molecule is Cc1cccc(C(=O)c2ccc3c(c2)OCCO3)c1Br. The summed E-state index contributed by atoms with van der Waals surface area (Å²) in [6.45, 7) is 3.02. The van der Waals surface area contributed by atoms with Gasteiger partial charge in [-0.3, -0.25) is 4.79 Å². The molecule has 0 N–H and O–H groups in total. The molecule has 0 fully saturated rings. The van der Waals surface area contributed by atoms with Gasteiger partial charge in [-0.1, -0.05) is 12.1 Å². The second kappa shape index (κ2) is 5.29. The van der Waals surface area contributed by atoms with Gasteiger partial charge < -0.3 is 9.47 Å². The molecule has 4 heteroatoms. The van der Waals surface area contributed by atoms with E-state index < -0.39 is 0 Å². The van der Waals surface area contributed by atoms with E-state index in [9.17, 15) is 4.79 Å². The van der Waals surface area contributed by atoms with Gasteiger partial charge in [-0.15, -0.1) is 0 Å². The Kier molecular flexibility index (Phi) is 3.49. The van der Waals surface area contributed by atoms with Crippen molar-refractivity contribution < 1.29 is 14.3 Å². The molecule has 0 aromatic heterocycles. The lowest BCUT2D eigenvalue weighted by Gasteiger charge is -2.18. The van der Waals surface area contributed by atoms with E-state index in [1.807, 2.05) is 25.1 Å². The summed E-state index contributed by atoms with van der Waals surface area (Å²) in [5.41, 5.74) is 2.29. The number of carbonyl (C=O) groups excluding carboxylic acids is 1. The van der Waals surface area contributed by atoms with E-state index in [0.717, 1.165) is 10.0 Å². The third-order valence-corrected chi connectivity index (χ3v) is 4.29. The van der Waals surface area contributed by atoms with Crippen LogP contribution < -0.4 is 9.47 Å². The van der Waals surface area contributed by atoms with Crippen molar-refractivity contribution in [3.05, 3.63) is 57.6 Å². The predicted molar refractivity (Wildman–Crippen MR) is 79.7 cm³/mol. The lowest BCUT2D eigenvalue weighted by atomic mass is 10.0. The smallest absolute Gasteiger partial charge is 0.194 e. The number of carbonyl (C=O) groups is 1. The Morgan fingerprint density at radius 1 is 1.10 bits per heavy atom. The second-order valence-corrected chi connectivity index (χ2v) is 5.42. The highest BCUT2D eigenvalue weighted by Gasteiger charge is 2.18. The summed E-state index contributed by atoms with van der Waals surface area (Å²) in [5, 5.41) is 0. The minimum absolute atomic E-state index is 0.0300. The van der Waals surface area contributed by atoms with Gasteiger partial charge in [0.2, 0.25) is 0 Å². The van der Waals surface area contributed by atoms with Crippen LogP contribution in [0.1, 0.15) is 21.5 Å². The molecule has 2 aromatic rings. The Labute approximate surface area is 125 Å². The molecule has 0 saturated heterocycles. The summed E-state index contributed by atoms with van der Waals surface area (Å²) in [7, 11) is 0. The summed E-state index contributed by atoms with van der Waals surface area (Å²) < 4.78 is 11.8. The van der Waals surface area contributed by atoms with Crippen LogP contribution in [0.5, 0.6) is 11.5 Å². The zero-order valence-electron chi connectivity index (χ0n) is 11.0. The molecular weight excluding hydrogens is 320 g/mol. The quantitative estimate of drug-likeness (QED) is 0.785. The van der Waals surface area contributed by atoms with Crippen molar-refractivity contribution in [3.8, 4) is 11.5 Å². The molecular formula is C16H13BrO3. The second-order valence-electron chi connectivity index (χ2n) is 4.62. The van der Waals surface area contributed by atoms with Gasteiger partial charge in [-0.25, -0.2) is 0 Å². The Morgan fingerprint density at radius 3 is 2.65 bits per heavy atom. The fourth-order valence-corrected chi connectivity index (χ4v) is 2.61. The third kappa shape index (κ3) is 2.31. The van der Waals surface area contributed by atoms with E-state index in [1.54, 1.807) is 18.2 Å². The van der Waals surface area contributed by atoms with Crippen molar-refractivity contribution in [2.24, 2.45) is 0 Å². The van der Waals surface area contributed by atoms with Crippen molar-refractivity contribution in [1.29, 1.82) is 0 Å². The zero-order valence-corrected chi connectivity index (χ0v) is 12.6. The van der Waals surface area contributed by atoms with E-state index in [-0.39, 0.29) is 5.78 Å². The van der Waals surface area contributed by atoms with E-state index in [2.05, 4.69) is 15.9 Å². The summed E-state index contributed by atoms with van der Waals surface area (Å²) in [6.07, 6.45) is 0. The molecule has 2 aromatic carbocycles. The van der Waals surface area contributed by atoms with Gasteiger partial charge in [0.25, 0.3) is 0 Å². The zero-order chi connectivity index (χ0) is 14.1. The van der Waals surface area contributed by atoms with Crippen LogP contribution in [0, 0.1) is 6.92 Å². The molecule has 0 unspecified atom stereocenters. The number of halogens is 1. The summed E-state index contributed by atoms with van der Waals surface area (Å²) in [5.74, 6) is 1.29. The molecule has 0 atom stereocenters. The molecule has 3 rings (SSSR count). The number of rotatable bonds is 2. The molecule has 0 spiro atoms. The first kappa shape index (κ1) is 13.2. The summed E-state index contributed by atoms with van der Waals surface area (Å²) in [6, 6.07) is 11.0. The maximum absolute atomic E-state index is 12.6. The lowest BCUT2D eigenvalue weighted by molar-refractivity contribution is 0.103. The highest BCUT2D eigenvalue weighted by atomic mass is 79.9. The Hall–Kier alpha value is -1.81. The van der Waals surface area contributed by atoms with Gasteiger partial charge in [0.15, 0.2) is 17.3 Å². The summed E-state index contributed by atoms with van der Waals surface area (Å²) >= 11 is 3.48. The van der Waals surface area contributed by atoms with Gasteiger partial charge in [0.05, 0.1) is 0 Å². The van der Waals surface area contributed by atoms with Gasteiger partial charge in [0, 0.05) is 15.6 Å². The first-order valence-electron chi connectivity index (χ1n) is 6.36. The van der Waals surface area contributed by atoms with E-state index in [1.165, 1.54) is 0 Å². The van der Waals surface area contributed by atoms with Crippen LogP contribution in [-0.2, 0) is 0 Å². The van der Waals surface area contributed by atoms with Crippen LogP contribution >= 0.6 is 15.9 Å². The molecule has 1 aliphatic rings. The van der Waals surface area contributed by atoms with E-state index >= 15 is 0 Å². The molecule has 0 radical (unpaired) electrons. The molecule has 0 saturated carbocycles. The monoisotopic (exact) mass is 332 g/mol. The first-order chi connectivity index (χ1) is 9.66. The average molecular weight is 333 g/mol. The van der Waals surface area contributed by atoms with Gasteiger partial charge in [0.1, 0.15) is 13.2 Å². The highest BCUT2D eigenvalue weighted by Crippen LogP contribution is 2.32. The number of aryl methyl sites for hydroxylation is 1. The molecule has 0 bridgehead atoms. The highest BCUT2D eigenvalue weighted by molar-refractivity contribution is 9.10. The van der Waals surface area contributed by atoms with Gasteiger partial charge in [-0.2, -0.15) is 0 Å². The third-order valence-electron chi connectivity index (χ3n) is 3.24. The fraction of sp³-hybridized carbons (Fsp3) is 0.188. The first-order valence-corrected chi connectivity index (χ1v) is 7.15. The molecule has 102 valence electrons. The topological polar surface area (TPSA) is 35.5 Å². The van der Waals surface area contributed by atoms with Gasteiger partial charge >= 0.3 is 0 Å². The number of ketones is 1. The Morgan fingerprint density at radius 2 is 1.85 bits per heavy atom. The number of benzene rings is 2. The molecule has 0 aliphatic carbocycles. The minimum atomic E-state index is -0.0300. The van der Waals surface area contributed by atoms with Crippen LogP contribution in [0.2, 0.25) is 0 Å². The van der Waals surface area contributed by atoms with Crippen LogP contribution in [0.3, 0.4) is 0 Å². The normalized spacial score (nSPS) is 13.1. The van der Waals surface area contributed by atoms with Crippen LogP contribution in [0.25, 0.3) is 0 Å². The standard InChI is InChI=1S/C16H13BrO3/c1-10-3-2-4-12(15(10)17)16(18)11-5-6-13-14(9-11)20-8-7-19-13/h2-6,9H,7-8H2,1H3. The van der Waals surface area contributed by atoms with E-state index in [0.29, 0.717) is 35.8 Å². The fourth-order valence-electron chi connectivity index (χ4n) is 2.16. The van der Waals surface area contributed by atoms with Crippen LogP contribution in [-0.4, -0.2) is 19.0 Å². The number of ether oxygens (including phenoxy) is 2. The molecule has 20 heavy (non-hydrogen) atoms. The number of fused-ring (bicyclic) bond motifs is 1. The molecule has 0 amide bonds.